The Balaban J connectivity index is 2.28. The molecule has 0 unspecified atom stereocenters. The fourth-order valence-corrected chi connectivity index (χ4v) is 2.13. The molecule has 4 nitrogen and oxygen atoms in total. The molecule has 2 aromatic heterocycles. The average molecular weight is 283 g/mol. The van der Waals surface area contributed by atoms with Crippen molar-refractivity contribution in [3.8, 4) is 0 Å². The van der Waals surface area contributed by atoms with Crippen molar-refractivity contribution in [2.45, 2.75) is 17.0 Å². The quantitative estimate of drug-likeness (QED) is 0.792. The summed E-state index contributed by atoms with van der Waals surface area (Å²) >= 11 is 4.88. The van der Waals surface area contributed by atoms with Crippen molar-refractivity contribution < 1.29 is 0 Å². The van der Waals surface area contributed by atoms with E-state index in [0.717, 1.165) is 20.3 Å². The molecule has 6 heteroatoms. The van der Waals surface area contributed by atoms with Crippen molar-refractivity contribution in [1.29, 1.82) is 0 Å². The number of rotatable bonds is 2. The van der Waals surface area contributed by atoms with E-state index in [1.165, 1.54) is 18.1 Å². The summed E-state index contributed by atoms with van der Waals surface area (Å²) in [6.45, 7) is 1.86. The molecular formula is C9H7BrN4S. The Morgan fingerprint density at radius 3 is 2.93 bits per heavy atom. The molecule has 0 fully saturated rings. The maximum Gasteiger partial charge on any atom is 0.126 e. The van der Waals surface area contributed by atoms with Gasteiger partial charge in [-0.25, -0.2) is 19.9 Å². The molecule has 0 aliphatic rings. The first-order valence-corrected chi connectivity index (χ1v) is 5.79. The van der Waals surface area contributed by atoms with Crippen LogP contribution in [0.4, 0.5) is 0 Å². The lowest BCUT2D eigenvalue weighted by atomic mass is 10.6. The second-order valence-electron chi connectivity index (χ2n) is 2.72. The Kier molecular flexibility index (Phi) is 3.27. The zero-order chi connectivity index (χ0) is 10.7. The first kappa shape index (κ1) is 10.5. The smallest absolute Gasteiger partial charge is 0.126 e. The van der Waals surface area contributed by atoms with Crippen LogP contribution in [0.3, 0.4) is 0 Å². The van der Waals surface area contributed by atoms with Gasteiger partial charge in [-0.15, -0.1) is 0 Å². The van der Waals surface area contributed by atoms with Crippen molar-refractivity contribution in [3.05, 3.63) is 35.1 Å². The van der Waals surface area contributed by atoms with E-state index in [4.69, 9.17) is 0 Å². The van der Waals surface area contributed by atoms with Gasteiger partial charge in [0.2, 0.25) is 0 Å². The molecule has 0 aliphatic heterocycles. The molecule has 0 saturated carbocycles. The van der Waals surface area contributed by atoms with Crippen LogP contribution in [-0.4, -0.2) is 19.9 Å². The van der Waals surface area contributed by atoms with Crippen LogP contribution in [0, 0.1) is 6.92 Å². The number of halogens is 1. The highest BCUT2D eigenvalue weighted by molar-refractivity contribution is 9.10. The summed E-state index contributed by atoms with van der Waals surface area (Å²) in [5, 5.41) is 1.73. The van der Waals surface area contributed by atoms with Crippen molar-refractivity contribution >= 4 is 27.7 Å². The first-order valence-electron chi connectivity index (χ1n) is 4.19. The van der Waals surface area contributed by atoms with E-state index in [0.29, 0.717) is 0 Å². The highest BCUT2D eigenvalue weighted by Gasteiger charge is 2.05. The number of nitrogens with zero attached hydrogens (tertiary/aromatic N) is 4. The molecule has 0 spiro atoms. The Labute approximate surface area is 99.7 Å². The monoisotopic (exact) mass is 282 g/mol. The van der Waals surface area contributed by atoms with Crippen molar-refractivity contribution in [1.82, 2.24) is 19.9 Å². The number of aryl methyl sites for hydroxylation is 1. The minimum Gasteiger partial charge on any atom is -0.245 e. The summed E-state index contributed by atoms with van der Waals surface area (Å²) in [6.07, 6.45) is 4.97. The average Bonchev–Trinajstić information content (AvgIpc) is 2.25. The predicted molar refractivity (Wildman–Crippen MR) is 60.6 cm³/mol. The number of aromatic nitrogens is 4. The fraction of sp³-hybridized carbons (Fsp3) is 0.111. The maximum atomic E-state index is 4.31. The molecule has 0 radical (unpaired) electrons. The van der Waals surface area contributed by atoms with Crippen LogP contribution < -0.4 is 0 Å². The SMILES string of the molecule is Cc1ncc(Br)c(Sc2ccncn2)n1. The Hall–Kier alpha value is -1.01. The molecule has 2 heterocycles. The lowest BCUT2D eigenvalue weighted by Crippen LogP contribution is -1.91. The van der Waals surface area contributed by atoms with E-state index >= 15 is 0 Å². The van der Waals surface area contributed by atoms with E-state index in [2.05, 4.69) is 35.9 Å². The molecule has 0 aliphatic carbocycles. The van der Waals surface area contributed by atoms with E-state index in [1.807, 2.05) is 13.0 Å². The highest BCUT2D eigenvalue weighted by atomic mass is 79.9. The zero-order valence-corrected chi connectivity index (χ0v) is 10.3. The van der Waals surface area contributed by atoms with Crippen LogP contribution in [0.2, 0.25) is 0 Å². The molecule has 0 saturated heterocycles. The first-order chi connectivity index (χ1) is 7.25. The number of hydrogen-bond acceptors (Lipinski definition) is 5. The standard InChI is InChI=1S/C9H7BrN4S/c1-6-12-4-7(10)9(14-6)15-8-2-3-11-5-13-8/h2-5H,1H3. The molecule has 76 valence electrons. The maximum absolute atomic E-state index is 4.31. The van der Waals surface area contributed by atoms with Crippen LogP contribution in [0.5, 0.6) is 0 Å². The van der Waals surface area contributed by atoms with Gasteiger partial charge < -0.3 is 0 Å². The third-order valence-electron chi connectivity index (χ3n) is 1.59. The van der Waals surface area contributed by atoms with Gasteiger partial charge >= 0.3 is 0 Å². The van der Waals surface area contributed by atoms with Crippen LogP contribution in [0.15, 0.2) is 39.3 Å². The van der Waals surface area contributed by atoms with Crippen LogP contribution >= 0.6 is 27.7 Å². The lowest BCUT2D eigenvalue weighted by molar-refractivity contribution is 0.946. The molecule has 0 atom stereocenters. The Bertz CT molecular complexity index is 463. The molecule has 0 bridgehead atoms. The van der Waals surface area contributed by atoms with Gasteiger partial charge in [0.1, 0.15) is 22.2 Å². The molecular weight excluding hydrogens is 276 g/mol. The summed E-state index contributed by atoms with van der Waals surface area (Å²) < 4.78 is 0.872. The summed E-state index contributed by atoms with van der Waals surface area (Å²) in [7, 11) is 0. The van der Waals surface area contributed by atoms with Gasteiger partial charge in [0.05, 0.1) is 4.47 Å². The number of hydrogen-bond donors (Lipinski definition) is 0. The summed E-state index contributed by atoms with van der Waals surface area (Å²) in [5.41, 5.74) is 0. The van der Waals surface area contributed by atoms with E-state index in [9.17, 15) is 0 Å². The molecule has 0 amide bonds. The van der Waals surface area contributed by atoms with Crippen molar-refractivity contribution in [2.75, 3.05) is 0 Å². The van der Waals surface area contributed by atoms with Gasteiger partial charge in [-0.2, -0.15) is 0 Å². The molecule has 2 aromatic rings. The third-order valence-corrected chi connectivity index (χ3v) is 3.39. The van der Waals surface area contributed by atoms with E-state index in [-0.39, 0.29) is 0 Å². The Morgan fingerprint density at radius 1 is 1.33 bits per heavy atom. The van der Waals surface area contributed by atoms with Gasteiger partial charge in [0.25, 0.3) is 0 Å². The zero-order valence-electron chi connectivity index (χ0n) is 7.88. The predicted octanol–water partition coefficient (Wildman–Crippen LogP) is 2.49. The largest absolute Gasteiger partial charge is 0.245 e. The van der Waals surface area contributed by atoms with E-state index < -0.39 is 0 Å². The van der Waals surface area contributed by atoms with Crippen molar-refractivity contribution in [3.63, 3.8) is 0 Å². The van der Waals surface area contributed by atoms with Crippen LogP contribution in [-0.2, 0) is 0 Å². The van der Waals surface area contributed by atoms with E-state index in [1.54, 1.807) is 12.4 Å². The van der Waals surface area contributed by atoms with Gasteiger partial charge in [-0.3, -0.25) is 0 Å². The summed E-state index contributed by atoms with van der Waals surface area (Å²) in [6, 6.07) is 1.84. The van der Waals surface area contributed by atoms with Crippen LogP contribution in [0.25, 0.3) is 0 Å². The highest BCUT2D eigenvalue weighted by Crippen LogP contribution is 2.29. The Morgan fingerprint density at radius 2 is 2.20 bits per heavy atom. The van der Waals surface area contributed by atoms with Gasteiger partial charge in [-0.05, 0) is 40.7 Å². The second kappa shape index (κ2) is 4.67. The third kappa shape index (κ3) is 2.73. The molecule has 15 heavy (non-hydrogen) atoms. The summed E-state index contributed by atoms with van der Waals surface area (Å²) in [4.78, 5) is 16.4. The molecule has 0 aromatic carbocycles. The summed E-state index contributed by atoms with van der Waals surface area (Å²) in [5.74, 6) is 0.745. The van der Waals surface area contributed by atoms with Crippen molar-refractivity contribution in [2.24, 2.45) is 0 Å². The lowest BCUT2D eigenvalue weighted by Gasteiger charge is -2.02. The van der Waals surface area contributed by atoms with Gasteiger partial charge in [0.15, 0.2) is 0 Å². The second-order valence-corrected chi connectivity index (χ2v) is 4.58. The minimum absolute atomic E-state index is 0.745. The van der Waals surface area contributed by atoms with Crippen LogP contribution in [0.1, 0.15) is 5.82 Å². The van der Waals surface area contributed by atoms with Gasteiger partial charge in [0, 0.05) is 12.4 Å². The normalized spacial score (nSPS) is 10.3. The molecule has 0 N–H and O–H groups in total. The van der Waals surface area contributed by atoms with Gasteiger partial charge in [-0.1, -0.05) is 0 Å². The molecule has 2 rings (SSSR count). The minimum atomic E-state index is 0.745. The fourth-order valence-electron chi connectivity index (χ4n) is 0.944. The topological polar surface area (TPSA) is 51.6 Å².